The molecule has 13 heteroatoms. The zero-order valence-electron chi connectivity index (χ0n) is 21.6. The summed E-state index contributed by atoms with van der Waals surface area (Å²) >= 11 is 1.20. The first-order valence-corrected chi connectivity index (χ1v) is 12.7. The number of nitrogens with one attached hydrogen (secondary N) is 2. The second-order valence-electron chi connectivity index (χ2n) is 9.07. The van der Waals surface area contributed by atoms with Crippen molar-refractivity contribution in [2.45, 2.75) is 31.8 Å². The molecule has 200 valence electrons. The van der Waals surface area contributed by atoms with E-state index in [1.54, 1.807) is 23.1 Å². The summed E-state index contributed by atoms with van der Waals surface area (Å²) in [5, 5.41) is 6.71. The highest BCUT2D eigenvalue weighted by Crippen LogP contribution is 2.28. The van der Waals surface area contributed by atoms with Crippen LogP contribution in [-0.2, 0) is 9.53 Å². The molecule has 2 unspecified atom stereocenters. The number of methoxy groups -OCH3 is 1. The number of anilines is 4. The smallest absolute Gasteiger partial charge is 0.330 e. The summed E-state index contributed by atoms with van der Waals surface area (Å²) < 4.78 is 9.33. The van der Waals surface area contributed by atoms with E-state index in [2.05, 4.69) is 25.0 Å². The summed E-state index contributed by atoms with van der Waals surface area (Å²) in [7, 11) is 5.14. The van der Waals surface area contributed by atoms with Gasteiger partial charge in [-0.1, -0.05) is 0 Å². The van der Waals surface area contributed by atoms with Crippen LogP contribution in [0.25, 0.3) is 0 Å². The van der Waals surface area contributed by atoms with Crippen molar-refractivity contribution in [3.05, 3.63) is 53.5 Å². The largest absolute Gasteiger partial charge is 0.467 e. The van der Waals surface area contributed by atoms with Crippen LogP contribution in [0.2, 0.25) is 0 Å². The maximum atomic E-state index is 13.1. The van der Waals surface area contributed by atoms with Gasteiger partial charge in [-0.05, 0) is 61.6 Å². The first-order chi connectivity index (χ1) is 18.2. The average molecular weight is 539 g/mol. The van der Waals surface area contributed by atoms with Crippen LogP contribution in [0.15, 0.2) is 36.5 Å². The number of amides is 2. The first kappa shape index (κ1) is 26.8. The molecule has 1 aliphatic heterocycles. The molecule has 1 saturated heterocycles. The number of carbonyl (C=O) groups is 3. The maximum Gasteiger partial charge on any atom is 0.330 e. The molecule has 3 heterocycles. The van der Waals surface area contributed by atoms with Crippen molar-refractivity contribution >= 4 is 51.6 Å². The summed E-state index contributed by atoms with van der Waals surface area (Å²) in [5.74, 6) is -1.08. The molecule has 2 amide bonds. The zero-order valence-corrected chi connectivity index (χ0v) is 22.4. The van der Waals surface area contributed by atoms with Gasteiger partial charge in [0.2, 0.25) is 0 Å². The monoisotopic (exact) mass is 538 g/mol. The molecule has 0 spiro atoms. The third-order valence-corrected chi connectivity index (χ3v) is 6.99. The second kappa shape index (κ2) is 11.4. The van der Waals surface area contributed by atoms with E-state index in [1.807, 2.05) is 38.1 Å². The number of carbonyl (C=O) groups excluding carboxylic acids is 3. The highest BCUT2D eigenvalue weighted by atomic mass is 32.1. The molecule has 1 aromatic carbocycles. The Hall–Kier alpha value is -4.26. The molecule has 4 N–H and O–H groups in total. The van der Waals surface area contributed by atoms with Gasteiger partial charge in [-0.15, -0.1) is 0 Å². The number of hydrogen-bond acceptors (Lipinski definition) is 11. The molecule has 4 rings (SSSR count). The molecule has 38 heavy (non-hydrogen) atoms. The van der Waals surface area contributed by atoms with Crippen molar-refractivity contribution in [1.82, 2.24) is 19.7 Å². The van der Waals surface area contributed by atoms with E-state index in [0.29, 0.717) is 35.8 Å². The van der Waals surface area contributed by atoms with Crippen LogP contribution in [0.4, 0.5) is 22.3 Å². The number of hydrogen-bond donors (Lipinski definition) is 3. The Balaban J connectivity index is 1.62. The fraction of sp³-hybridized carbons (Fsp3) is 0.360. The normalized spacial score (nSPS) is 17.0. The van der Waals surface area contributed by atoms with Crippen LogP contribution in [-0.4, -0.2) is 72.0 Å². The number of aryl methyl sites for hydroxylation is 1. The summed E-state index contributed by atoms with van der Waals surface area (Å²) in [5.41, 5.74) is 7.73. The minimum Gasteiger partial charge on any atom is -0.467 e. The SMILES string of the molecule is COC(=O)C1C(NC(=O)c2ccc(N(C)C)cc2)CCCN1c1cnc(C(N)=O)c(Nc2cc(C)ns2)n1. The number of aromatic nitrogens is 3. The maximum absolute atomic E-state index is 13.1. The molecule has 0 radical (unpaired) electrons. The Labute approximate surface area is 224 Å². The van der Waals surface area contributed by atoms with Gasteiger partial charge in [-0.3, -0.25) is 9.59 Å². The fourth-order valence-corrected chi connectivity index (χ4v) is 4.96. The molecule has 0 bridgehead atoms. The van der Waals surface area contributed by atoms with Crippen LogP contribution < -0.4 is 26.2 Å². The number of ether oxygens (including phenoxy) is 1. The standard InChI is InChI=1S/C25H30N8O4S/c1-14-12-19(38-31-14)30-23-20(22(26)34)27-13-18(29-23)33-11-5-6-17(21(33)25(36)37-4)28-24(35)15-7-9-16(10-8-15)32(2)3/h7-10,12-13,17,21H,5-6,11H2,1-4H3,(H2,26,34)(H,28,35)(H,29,30). The van der Waals surface area contributed by atoms with Crippen LogP contribution in [0.5, 0.6) is 0 Å². The predicted molar refractivity (Wildman–Crippen MR) is 145 cm³/mol. The Bertz CT molecular complexity index is 1330. The van der Waals surface area contributed by atoms with E-state index in [1.165, 1.54) is 24.8 Å². The first-order valence-electron chi connectivity index (χ1n) is 12.0. The van der Waals surface area contributed by atoms with Crippen molar-refractivity contribution in [2.24, 2.45) is 5.73 Å². The Morgan fingerprint density at radius 2 is 1.95 bits per heavy atom. The predicted octanol–water partition coefficient (Wildman–Crippen LogP) is 2.09. The highest BCUT2D eigenvalue weighted by molar-refractivity contribution is 7.10. The number of nitrogens with zero attached hydrogens (tertiary/aromatic N) is 5. The van der Waals surface area contributed by atoms with Gasteiger partial charge >= 0.3 is 5.97 Å². The zero-order chi connectivity index (χ0) is 27.4. The summed E-state index contributed by atoms with van der Waals surface area (Å²) in [4.78, 5) is 50.6. The molecule has 1 fully saturated rings. The Morgan fingerprint density at radius 1 is 1.21 bits per heavy atom. The van der Waals surface area contributed by atoms with Gasteiger partial charge < -0.3 is 30.9 Å². The molecule has 2 atom stereocenters. The van der Waals surface area contributed by atoms with Gasteiger partial charge in [-0.2, -0.15) is 4.37 Å². The van der Waals surface area contributed by atoms with E-state index in [9.17, 15) is 14.4 Å². The third kappa shape index (κ3) is 5.83. The van der Waals surface area contributed by atoms with E-state index in [0.717, 1.165) is 11.4 Å². The van der Waals surface area contributed by atoms with E-state index in [-0.39, 0.29) is 17.4 Å². The lowest BCUT2D eigenvalue weighted by atomic mass is 9.95. The number of rotatable bonds is 8. The van der Waals surface area contributed by atoms with Gasteiger partial charge in [-0.25, -0.2) is 14.8 Å². The minimum atomic E-state index is -0.856. The molecule has 0 aliphatic carbocycles. The molecular formula is C25H30N8O4S. The highest BCUT2D eigenvalue weighted by Gasteiger charge is 2.40. The number of piperidine rings is 1. The van der Waals surface area contributed by atoms with Crippen molar-refractivity contribution in [1.29, 1.82) is 0 Å². The molecule has 12 nitrogen and oxygen atoms in total. The molecule has 0 saturated carbocycles. The molecular weight excluding hydrogens is 508 g/mol. The fourth-order valence-electron chi connectivity index (χ4n) is 4.30. The number of primary amides is 1. The van der Waals surface area contributed by atoms with Crippen molar-refractivity contribution < 1.29 is 19.1 Å². The summed E-state index contributed by atoms with van der Waals surface area (Å²) in [6.45, 7) is 2.31. The lowest BCUT2D eigenvalue weighted by molar-refractivity contribution is -0.143. The quantitative estimate of drug-likeness (QED) is 0.363. The van der Waals surface area contributed by atoms with Gasteiger partial charge in [0.1, 0.15) is 16.9 Å². The second-order valence-corrected chi connectivity index (χ2v) is 9.88. The average Bonchev–Trinajstić information content (AvgIpc) is 3.32. The third-order valence-electron chi connectivity index (χ3n) is 6.19. The number of nitrogens with two attached hydrogens (primary N) is 1. The topological polar surface area (TPSA) is 156 Å². The van der Waals surface area contributed by atoms with Gasteiger partial charge in [0.05, 0.1) is 25.0 Å². The van der Waals surface area contributed by atoms with Gasteiger partial charge in [0, 0.05) is 31.9 Å². The number of esters is 1. The van der Waals surface area contributed by atoms with Gasteiger partial charge in [0.15, 0.2) is 11.5 Å². The lowest BCUT2D eigenvalue weighted by Crippen LogP contribution is -2.59. The van der Waals surface area contributed by atoms with E-state index in [4.69, 9.17) is 10.5 Å². The minimum absolute atomic E-state index is 0.0440. The van der Waals surface area contributed by atoms with Crippen molar-refractivity contribution in [2.75, 3.05) is 42.9 Å². The lowest BCUT2D eigenvalue weighted by Gasteiger charge is -2.40. The summed E-state index contributed by atoms with van der Waals surface area (Å²) in [6.07, 6.45) is 2.63. The van der Waals surface area contributed by atoms with Gasteiger partial charge in [0.25, 0.3) is 11.8 Å². The van der Waals surface area contributed by atoms with E-state index >= 15 is 0 Å². The molecule has 3 aromatic rings. The Morgan fingerprint density at radius 3 is 2.55 bits per heavy atom. The van der Waals surface area contributed by atoms with E-state index < -0.39 is 24.0 Å². The number of benzene rings is 1. The van der Waals surface area contributed by atoms with Crippen LogP contribution in [0.3, 0.4) is 0 Å². The molecule has 1 aliphatic rings. The van der Waals surface area contributed by atoms with Crippen LogP contribution in [0.1, 0.15) is 39.4 Å². The Kier molecular flexibility index (Phi) is 8.05. The van der Waals surface area contributed by atoms with Crippen molar-refractivity contribution in [3.63, 3.8) is 0 Å². The molecule has 2 aromatic heterocycles. The summed E-state index contributed by atoms with van der Waals surface area (Å²) in [6, 6.07) is 7.60. The van der Waals surface area contributed by atoms with Crippen molar-refractivity contribution in [3.8, 4) is 0 Å². The van der Waals surface area contributed by atoms with Crippen LogP contribution >= 0.6 is 11.5 Å². The van der Waals surface area contributed by atoms with Crippen LogP contribution in [0, 0.1) is 6.92 Å².